The van der Waals surface area contributed by atoms with Crippen molar-refractivity contribution >= 4 is 14.1 Å². The van der Waals surface area contributed by atoms with Gasteiger partial charge in [-0.25, -0.2) is 0 Å². The first kappa shape index (κ1) is 6.37. The fourth-order valence-electron chi connectivity index (χ4n) is 1.15. The van der Waals surface area contributed by atoms with Crippen LogP contribution in [0.3, 0.4) is 0 Å². The quantitative estimate of drug-likeness (QED) is 0.404. The third kappa shape index (κ3) is 0.795. The van der Waals surface area contributed by atoms with Crippen LogP contribution < -0.4 is 0 Å². The van der Waals surface area contributed by atoms with Crippen molar-refractivity contribution in [1.29, 1.82) is 0 Å². The molecule has 52 valence electrons. The fraction of sp³-hybridized carbons (Fsp3) is 0.833. The maximum absolute atomic E-state index is 8.53. The van der Waals surface area contributed by atoms with E-state index in [1.165, 1.54) is 0 Å². The average molecular weight is 137 g/mol. The number of aliphatic hydroxyl groups excluding tert-OH is 1. The molecule has 3 unspecified atom stereocenters. The molecule has 0 aromatic rings. The normalized spacial score (nSPS) is 49.3. The lowest BCUT2D eigenvalue weighted by molar-refractivity contribution is 0.261. The second-order valence-corrected chi connectivity index (χ2v) is 2.72. The zero-order valence-electron chi connectivity index (χ0n) is 5.53. The second-order valence-electron chi connectivity index (χ2n) is 2.72. The first-order valence-corrected chi connectivity index (χ1v) is 3.38. The number of hydrogen-bond acceptors (Lipinski definition) is 3. The molecule has 2 aliphatic rings. The van der Waals surface area contributed by atoms with E-state index in [0.717, 1.165) is 0 Å². The van der Waals surface area contributed by atoms with E-state index in [4.69, 9.17) is 17.7 Å². The predicted octanol–water partition coefficient (Wildman–Crippen LogP) is -0.915. The maximum Gasteiger partial charge on any atom is 0.120 e. The summed E-state index contributed by atoms with van der Waals surface area (Å²) in [6, 6.07) is 0.0871. The molecule has 0 aliphatic carbocycles. The van der Waals surface area contributed by atoms with E-state index in [0.29, 0.717) is 6.42 Å². The number of hydrogen-bond donors (Lipinski definition) is 1. The highest BCUT2D eigenvalue weighted by Crippen LogP contribution is 2.42. The third-order valence-corrected chi connectivity index (χ3v) is 1.94. The first-order valence-electron chi connectivity index (χ1n) is 3.38. The molecule has 4 heteroatoms. The van der Waals surface area contributed by atoms with Crippen molar-refractivity contribution in [1.82, 2.24) is 0 Å². The molecule has 2 radical (unpaired) electrons. The lowest BCUT2D eigenvalue weighted by Gasteiger charge is -1.99. The molecule has 0 spiro atoms. The maximum atomic E-state index is 8.53. The van der Waals surface area contributed by atoms with Crippen molar-refractivity contribution in [3.63, 3.8) is 0 Å². The Morgan fingerprint density at radius 2 is 2.50 bits per heavy atom. The molecule has 2 heterocycles. The summed E-state index contributed by atoms with van der Waals surface area (Å²) in [5.74, 6) is 0. The minimum Gasteiger partial charge on any atom is -0.396 e. The van der Waals surface area contributed by atoms with Gasteiger partial charge in [-0.05, 0) is 6.42 Å². The minimum absolute atomic E-state index is 0.0185. The Hall–Kier alpha value is -0.345. The summed E-state index contributed by atoms with van der Waals surface area (Å²) in [6.07, 6.45) is 2.42. The summed E-state index contributed by atoms with van der Waals surface area (Å²) in [5, 5.41) is 8.53. The molecule has 0 aromatic heterocycles. The van der Waals surface area contributed by atoms with E-state index in [2.05, 4.69) is 4.99 Å². The van der Waals surface area contributed by atoms with E-state index in [1.54, 1.807) is 6.21 Å². The molecule has 2 aliphatic heterocycles. The summed E-state index contributed by atoms with van der Waals surface area (Å²) in [5.41, 5.74) is -0.553. The smallest absolute Gasteiger partial charge is 0.120 e. The molecular weight excluding hydrogens is 129 g/mol. The molecule has 1 N–H and O–H groups in total. The summed E-state index contributed by atoms with van der Waals surface area (Å²) < 4.78 is 5.16. The van der Waals surface area contributed by atoms with Gasteiger partial charge < -0.3 is 9.84 Å². The minimum atomic E-state index is -0.553. The van der Waals surface area contributed by atoms with Gasteiger partial charge in [-0.3, -0.25) is 4.99 Å². The Labute approximate surface area is 60.5 Å². The zero-order chi connectivity index (χ0) is 7.19. The Bertz CT molecular complexity index is 179. The van der Waals surface area contributed by atoms with Crippen molar-refractivity contribution in [2.75, 3.05) is 6.61 Å². The number of nitrogens with zero attached hydrogens (tertiary/aromatic N) is 1. The van der Waals surface area contributed by atoms with Crippen LogP contribution in [0.15, 0.2) is 4.99 Å². The van der Waals surface area contributed by atoms with Crippen molar-refractivity contribution in [3.8, 4) is 0 Å². The first-order chi connectivity index (χ1) is 4.77. The monoisotopic (exact) mass is 137 g/mol. The van der Waals surface area contributed by atoms with Gasteiger partial charge in [-0.1, -0.05) is 0 Å². The van der Waals surface area contributed by atoms with Crippen LogP contribution >= 0.6 is 0 Å². The highest BCUT2D eigenvalue weighted by molar-refractivity contribution is 6.20. The van der Waals surface area contributed by atoms with Crippen molar-refractivity contribution < 1.29 is 9.84 Å². The summed E-state index contributed by atoms with van der Waals surface area (Å²) >= 11 is 0. The molecule has 1 fully saturated rings. The number of ether oxygens (including phenoxy) is 1. The van der Waals surface area contributed by atoms with Crippen LogP contribution in [0.2, 0.25) is 0 Å². The van der Waals surface area contributed by atoms with Gasteiger partial charge in [0.05, 0.1) is 11.6 Å². The van der Waals surface area contributed by atoms with Gasteiger partial charge in [-0.2, -0.15) is 0 Å². The van der Waals surface area contributed by atoms with Crippen molar-refractivity contribution in [2.45, 2.75) is 24.1 Å². The highest BCUT2D eigenvalue weighted by Gasteiger charge is 2.58. The Morgan fingerprint density at radius 3 is 3.00 bits per heavy atom. The van der Waals surface area contributed by atoms with Crippen LogP contribution in [-0.4, -0.2) is 43.4 Å². The number of epoxide rings is 1. The summed E-state index contributed by atoms with van der Waals surface area (Å²) in [7, 11) is 5.72. The van der Waals surface area contributed by atoms with Gasteiger partial charge in [0, 0.05) is 12.8 Å². The SMILES string of the molecule is [B]C1(C2C=N2)OC1CCO. The molecule has 0 saturated carbocycles. The van der Waals surface area contributed by atoms with Crippen LogP contribution in [0.1, 0.15) is 6.42 Å². The van der Waals surface area contributed by atoms with Gasteiger partial charge in [0.25, 0.3) is 0 Å². The van der Waals surface area contributed by atoms with Gasteiger partial charge in [0.2, 0.25) is 0 Å². The van der Waals surface area contributed by atoms with Gasteiger partial charge >= 0.3 is 0 Å². The van der Waals surface area contributed by atoms with Crippen LogP contribution in [0, 0.1) is 0 Å². The Balaban J connectivity index is 1.85. The zero-order valence-corrected chi connectivity index (χ0v) is 5.53. The number of aliphatic hydroxyl groups is 1. The van der Waals surface area contributed by atoms with Crippen LogP contribution in [-0.2, 0) is 4.74 Å². The molecule has 0 bridgehead atoms. The number of aliphatic imine (C=N–C) groups is 1. The van der Waals surface area contributed by atoms with E-state index in [1.807, 2.05) is 0 Å². The van der Waals surface area contributed by atoms with E-state index in [-0.39, 0.29) is 18.8 Å². The molecule has 3 atom stereocenters. The number of rotatable bonds is 3. The van der Waals surface area contributed by atoms with Gasteiger partial charge in [-0.15, -0.1) is 0 Å². The van der Waals surface area contributed by atoms with Crippen LogP contribution in [0.25, 0.3) is 0 Å². The Morgan fingerprint density at radius 1 is 1.80 bits per heavy atom. The molecule has 3 nitrogen and oxygen atoms in total. The highest BCUT2D eigenvalue weighted by atomic mass is 16.6. The van der Waals surface area contributed by atoms with E-state index >= 15 is 0 Å². The lowest BCUT2D eigenvalue weighted by atomic mass is 9.79. The van der Waals surface area contributed by atoms with Gasteiger partial charge in [0.15, 0.2) is 0 Å². The van der Waals surface area contributed by atoms with Crippen LogP contribution in [0.4, 0.5) is 0 Å². The summed E-state index contributed by atoms with van der Waals surface area (Å²) in [4.78, 5) is 3.91. The fourth-order valence-corrected chi connectivity index (χ4v) is 1.15. The molecular formula is C6H8BNO2. The largest absolute Gasteiger partial charge is 0.396 e. The lowest BCUT2D eigenvalue weighted by Crippen LogP contribution is -2.24. The third-order valence-electron chi connectivity index (χ3n) is 1.94. The molecule has 10 heavy (non-hydrogen) atoms. The van der Waals surface area contributed by atoms with Crippen molar-refractivity contribution in [2.24, 2.45) is 4.99 Å². The van der Waals surface area contributed by atoms with E-state index in [9.17, 15) is 0 Å². The second kappa shape index (κ2) is 1.83. The standard InChI is InChI=1S/C6H8BNO2/c7-6(4-3-8-4)5(10-6)1-2-9/h3-5,9H,1-2H2. The topological polar surface area (TPSA) is 45.1 Å². The Kier molecular flexibility index (Phi) is 1.16. The molecule has 1 saturated heterocycles. The predicted molar refractivity (Wildman–Crippen MR) is 37.3 cm³/mol. The van der Waals surface area contributed by atoms with Crippen molar-refractivity contribution in [3.05, 3.63) is 0 Å². The van der Waals surface area contributed by atoms with Crippen LogP contribution in [0.5, 0.6) is 0 Å². The van der Waals surface area contributed by atoms with E-state index < -0.39 is 5.50 Å². The average Bonchev–Trinajstić information content (AvgIpc) is 2.67. The molecule has 0 aromatic carbocycles. The molecule has 0 amide bonds. The molecule has 2 rings (SSSR count). The summed E-state index contributed by atoms with van der Waals surface area (Å²) in [6.45, 7) is 0.135. The van der Waals surface area contributed by atoms with Gasteiger partial charge in [0.1, 0.15) is 13.9 Å².